The Labute approximate surface area is 307 Å². The molecule has 0 radical (unpaired) electrons. The molecule has 3 aliphatic rings. The highest BCUT2D eigenvalue weighted by Gasteiger charge is 2.51. The number of carbonyl (C=O) groups excluding carboxylic acids is 2. The zero-order valence-electron chi connectivity index (χ0n) is 33.1. The molecule has 3 saturated heterocycles. The van der Waals surface area contributed by atoms with Gasteiger partial charge in [0.2, 0.25) is 0 Å². The number of benzene rings is 1. The second-order valence-electron chi connectivity index (χ2n) is 16.2. The van der Waals surface area contributed by atoms with Crippen LogP contribution in [0.15, 0.2) is 24.3 Å². The lowest BCUT2D eigenvalue weighted by Crippen LogP contribution is -2.59. The van der Waals surface area contributed by atoms with Gasteiger partial charge in [0.05, 0.1) is 24.9 Å². The minimum atomic E-state index is -1.41. The monoisotopic (exact) mass is 717 g/mol. The first-order valence-corrected chi connectivity index (χ1v) is 19.1. The maximum absolute atomic E-state index is 14.3. The number of hydrogen-bond acceptors (Lipinski definition) is 11. The number of carbonyl (C=O) groups is 2. The Morgan fingerprint density at radius 3 is 2.39 bits per heavy atom. The molecule has 8 atom stereocenters. The smallest absolute Gasteiger partial charge is 0.319 e. The van der Waals surface area contributed by atoms with E-state index in [9.17, 15) is 14.7 Å². The highest BCUT2D eigenvalue weighted by molar-refractivity contribution is 6.04. The van der Waals surface area contributed by atoms with Crippen molar-refractivity contribution >= 4 is 11.8 Å². The van der Waals surface area contributed by atoms with Gasteiger partial charge in [-0.2, -0.15) is 0 Å². The van der Waals surface area contributed by atoms with Gasteiger partial charge in [-0.1, -0.05) is 26.0 Å². The van der Waals surface area contributed by atoms with Gasteiger partial charge in [0.1, 0.15) is 23.9 Å². The van der Waals surface area contributed by atoms with Crippen molar-refractivity contribution in [2.75, 3.05) is 61.1 Å². The minimum absolute atomic E-state index is 0.0362. The van der Waals surface area contributed by atoms with Gasteiger partial charge < -0.3 is 33.7 Å². The third-order valence-electron chi connectivity index (χ3n) is 11.9. The van der Waals surface area contributed by atoms with Gasteiger partial charge in [0.25, 0.3) is 0 Å². The van der Waals surface area contributed by atoms with Crippen molar-refractivity contribution < 1.29 is 38.4 Å². The molecular formula is C40H67N3O8. The number of esters is 1. The lowest BCUT2D eigenvalue weighted by Gasteiger charge is -2.46. The van der Waals surface area contributed by atoms with Crippen LogP contribution in [-0.2, 0) is 35.1 Å². The highest BCUT2D eigenvalue weighted by atomic mass is 16.7. The predicted octanol–water partition coefficient (Wildman–Crippen LogP) is 4.77. The number of nitrogens with zero attached hydrogens (tertiary/aromatic N) is 3. The quantitative estimate of drug-likeness (QED) is 0.267. The number of methoxy groups -OCH3 is 2. The number of aliphatic hydroxyl groups excluding tert-OH is 1. The van der Waals surface area contributed by atoms with Gasteiger partial charge in [-0.3, -0.25) is 19.4 Å². The maximum Gasteiger partial charge on any atom is 0.319 e. The molecule has 0 aromatic heterocycles. The van der Waals surface area contributed by atoms with E-state index >= 15 is 0 Å². The summed E-state index contributed by atoms with van der Waals surface area (Å²) in [5.41, 5.74) is -1.06. The average molecular weight is 718 g/mol. The fourth-order valence-corrected chi connectivity index (χ4v) is 8.46. The molecule has 3 heterocycles. The van der Waals surface area contributed by atoms with E-state index in [0.29, 0.717) is 18.8 Å². The fourth-order valence-electron chi connectivity index (χ4n) is 8.46. The van der Waals surface area contributed by atoms with Crippen molar-refractivity contribution in [1.82, 2.24) is 14.7 Å². The summed E-state index contributed by atoms with van der Waals surface area (Å²) < 4.78 is 30.5. The number of rotatable bonds is 10. The van der Waals surface area contributed by atoms with Crippen LogP contribution in [0.4, 0.5) is 0 Å². The van der Waals surface area contributed by atoms with Gasteiger partial charge in [-0.25, -0.2) is 0 Å². The summed E-state index contributed by atoms with van der Waals surface area (Å²) in [6.45, 7) is 16.0. The van der Waals surface area contributed by atoms with Crippen LogP contribution >= 0.6 is 0 Å². The van der Waals surface area contributed by atoms with Crippen molar-refractivity contribution in [3.8, 4) is 5.75 Å². The molecule has 0 aliphatic carbocycles. The summed E-state index contributed by atoms with van der Waals surface area (Å²) >= 11 is 0. The van der Waals surface area contributed by atoms with Gasteiger partial charge in [-0.15, -0.1) is 0 Å². The molecule has 0 spiro atoms. The Balaban J connectivity index is 1.51. The van der Waals surface area contributed by atoms with Crippen LogP contribution < -0.4 is 4.74 Å². The number of ether oxygens (including phenoxy) is 5. The number of likely N-dealkylation sites (tertiary alicyclic amines) is 1. The Kier molecular flexibility index (Phi) is 14.9. The molecule has 290 valence electrons. The molecular weight excluding hydrogens is 650 g/mol. The molecule has 0 amide bonds. The van der Waals surface area contributed by atoms with Crippen molar-refractivity contribution in [1.29, 1.82) is 0 Å². The molecule has 3 aliphatic heterocycles. The number of ketones is 1. The van der Waals surface area contributed by atoms with Gasteiger partial charge in [-0.05, 0) is 130 Å². The molecule has 1 N–H and O–H groups in total. The Morgan fingerprint density at radius 2 is 1.76 bits per heavy atom. The van der Waals surface area contributed by atoms with Crippen molar-refractivity contribution in [2.45, 2.75) is 129 Å². The standard InChI is InChI=1S/C40H67N3O8/c1-11-43-19-13-18-40(6,48-10)36(51-37-34(44)33(41(7)8)22-27(2)50-37)28(3)35(45)39(4,5)38(46)49-26-31(43)23-29-16-20-42(21-17-29)25-30-14-12-15-32(24-30)47-9/h12,14-15,24,27-29,31,33-34,36-37,44H,11,13,16-23,25-26H2,1-10H3/t27-,28+,31-,33+,34-,36-,37+,40-/m1/s1. The lowest BCUT2D eigenvalue weighted by molar-refractivity contribution is -0.295. The molecule has 0 bridgehead atoms. The average Bonchev–Trinajstić information content (AvgIpc) is 3.11. The van der Waals surface area contributed by atoms with E-state index in [4.69, 9.17) is 23.7 Å². The zero-order valence-corrected chi connectivity index (χ0v) is 33.1. The number of cyclic esters (lactones) is 1. The second kappa shape index (κ2) is 18.3. The molecule has 11 heteroatoms. The molecule has 3 fully saturated rings. The third-order valence-corrected chi connectivity index (χ3v) is 11.9. The number of piperidine rings is 1. The summed E-state index contributed by atoms with van der Waals surface area (Å²) in [5, 5.41) is 11.4. The number of aliphatic hydroxyl groups is 1. The summed E-state index contributed by atoms with van der Waals surface area (Å²) in [6, 6.07) is 8.14. The van der Waals surface area contributed by atoms with E-state index in [2.05, 4.69) is 28.9 Å². The summed E-state index contributed by atoms with van der Waals surface area (Å²) in [4.78, 5) is 35.0. The van der Waals surface area contributed by atoms with Crippen molar-refractivity contribution in [3.63, 3.8) is 0 Å². The first-order chi connectivity index (χ1) is 24.1. The first-order valence-electron chi connectivity index (χ1n) is 19.1. The number of Topliss-reactive ketones (excluding diaryl/α,β-unsaturated/α-hetero) is 1. The molecule has 51 heavy (non-hydrogen) atoms. The van der Waals surface area contributed by atoms with E-state index in [1.54, 1.807) is 35.0 Å². The van der Waals surface area contributed by atoms with Crippen LogP contribution in [0.3, 0.4) is 0 Å². The molecule has 4 rings (SSSR count). The summed E-state index contributed by atoms with van der Waals surface area (Å²) in [6.07, 6.45) is 2.32. The van der Waals surface area contributed by atoms with E-state index in [1.807, 2.05) is 45.0 Å². The lowest BCUT2D eigenvalue weighted by atomic mass is 9.75. The van der Waals surface area contributed by atoms with Crippen LogP contribution in [0.1, 0.15) is 85.6 Å². The first kappa shape index (κ1) is 41.6. The molecule has 0 unspecified atom stereocenters. The largest absolute Gasteiger partial charge is 0.497 e. The van der Waals surface area contributed by atoms with Gasteiger partial charge in [0, 0.05) is 31.7 Å². The van der Waals surface area contributed by atoms with Crippen molar-refractivity contribution in [2.24, 2.45) is 17.3 Å². The Bertz CT molecular complexity index is 1270. The summed E-state index contributed by atoms with van der Waals surface area (Å²) in [7, 11) is 7.21. The van der Waals surface area contributed by atoms with Crippen molar-refractivity contribution in [3.05, 3.63) is 29.8 Å². The van der Waals surface area contributed by atoms with E-state index in [0.717, 1.165) is 64.2 Å². The van der Waals surface area contributed by atoms with Crippen LogP contribution in [0.2, 0.25) is 0 Å². The van der Waals surface area contributed by atoms with E-state index in [1.165, 1.54) is 5.56 Å². The Morgan fingerprint density at radius 1 is 1.06 bits per heavy atom. The van der Waals surface area contributed by atoms with Crippen LogP contribution in [-0.4, -0.2) is 135 Å². The molecule has 11 nitrogen and oxygen atoms in total. The zero-order chi connectivity index (χ0) is 37.5. The van der Waals surface area contributed by atoms with Gasteiger partial charge in [0.15, 0.2) is 12.1 Å². The van der Waals surface area contributed by atoms with Crippen LogP contribution in [0.5, 0.6) is 5.75 Å². The predicted molar refractivity (Wildman–Crippen MR) is 198 cm³/mol. The van der Waals surface area contributed by atoms with E-state index < -0.39 is 41.4 Å². The number of hydrogen-bond donors (Lipinski definition) is 1. The third kappa shape index (κ3) is 10.3. The topological polar surface area (TPSA) is 110 Å². The second-order valence-corrected chi connectivity index (χ2v) is 16.2. The normalized spacial score (nSPS) is 34.0. The highest BCUT2D eigenvalue weighted by Crippen LogP contribution is 2.38. The Hall–Kier alpha value is -2.12. The SMILES string of the molecule is CCN1CCC[C@@](C)(OC)[C@H](O[C@@H]2O[C@H](C)C[C@H](N(C)C)[C@H]2O)[C@@H](C)C(=O)C(C)(C)C(=O)OC[C@H]1CC1CCN(Cc2cccc(OC)c2)CC1. The molecule has 1 aromatic carbocycles. The minimum Gasteiger partial charge on any atom is -0.497 e. The summed E-state index contributed by atoms with van der Waals surface area (Å²) in [5.74, 6) is -0.167. The molecule has 1 aromatic rings. The molecule has 0 saturated carbocycles. The number of likely N-dealkylation sites (N-methyl/N-ethyl adjacent to an activating group) is 2. The fraction of sp³-hybridized carbons (Fsp3) is 0.800. The maximum atomic E-state index is 14.3. The van der Waals surface area contributed by atoms with E-state index in [-0.39, 0.29) is 30.6 Å². The van der Waals surface area contributed by atoms with Crippen LogP contribution in [0, 0.1) is 17.3 Å². The van der Waals surface area contributed by atoms with Gasteiger partial charge >= 0.3 is 5.97 Å². The van der Waals surface area contributed by atoms with Crippen LogP contribution in [0.25, 0.3) is 0 Å².